The summed E-state index contributed by atoms with van der Waals surface area (Å²) in [5, 5.41) is 44.4. The molecule has 3 rings (SSSR count). The van der Waals surface area contributed by atoms with E-state index in [4.69, 9.17) is 11.6 Å². The van der Waals surface area contributed by atoms with Gasteiger partial charge >= 0.3 is 0 Å². The number of benzene rings is 1. The third-order valence-corrected chi connectivity index (χ3v) is 4.87. The second-order valence-corrected chi connectivity index (χ2v) is 7.49. The topological polar surface area (TPSA) is 166 Å². The lowest BCUT2D eigenvalue weighted by atomic mass is 10.0. The summed E-state index contributed by atoms with van der Waals surface area (Å²) in [6.07, 6.45) is 4.31. The minimum Gasteiger partial charge on any atom is -0.394 e. The molecule has 32 heavy (non-hydrogen) atoms. The lowest BCUT2D eigenvalue weighted by molar-refractivity contribution is -0.0419. The lowest BCUT2D eigenvalue weighted by Gasteiger charge is -2.27. The van der Waals surface area contributed by atoms with E-state index in [2.05, 4.69) is 25.6 Å². The van der Waals surface area contributed by atoms with Crippen molar-refractivity contribution < 1.29 is 25.2 Å². The van der Waals surface area contributed by atoms with Crippen molar-refractivity contribution in [1.82, 2.24) is 24.8 Å². The summed E-state index contributed by atoms with van der Waals surface area (Å²) >= 11 is 5.94. The smallest absolute Gasteiger partial charge is 0.274 e. The molecule has 0 unspecified atom stereocenters. The molecule has 0 radical (unpaired) electrons. The normalized spacial score (nSPS) is 13.1. The Hall–Kier alpha value is -3.09. The molecule has 11 nitrogen and oxygen atoms in total. The zero-order valence-electron chi connectivity index (χ0n) is 17.1. The van der Waals surface area contributed by atoms with Crippen LogP contribution in [-0.4, -0.2) is 71.7 Å². The van der Waals surface area contributed by atoms with E-state index in [1.807, 2.05) is 0 Å². The molecular weight excluding hydrogens is 440 g/mol. The molecule has 0 aliphatic rings. The molecule has 0 aliphatic heterocycles. The van der Waals surface area contributed by atoms with Gasteiger partial charge in [0.05, 0.1) is 25.9 Å². The molecule has 1 amide bonds. The number of aromatic nitrogens is 4. The number of hydrogen-bond acceptors (Lipinski definition) is 9. The monoisotopic (exact) mass is 462 g/mol. The van der Waals surface area contributed by atoms with Crippen LogP contribution in [0.2, 0.25) is 5.02 Å². The minimum atomic E-state index is -2.06. The lowest BCUT2D eigenvalue weighted by Crippen LogP contribution is -2.48. The Morgan fingerprint density at radius 3 is 2.66 bits per heavy atom. The van der Waals surface area contributed by atoms with Crippen LogP contribution in [0.5, 0.6) is 0 Å². The summed E-state index contributed by atoms with van der Waals surface area (Å²) < 4.78 is 1.49. The number of nitrogens with zero attached hydrogens (tertiary/aromatic N) is 4. The Bertz CT molecular complexity index is 1090. The number of aliphatic hydroxyl groups is 4. The van der Waals surface area contributed by atoms with Gasteiger partial charge in [0, 0.05) is 28.5 Å². The zero-order valence-corrected chi connectivity index (χ0v) is 17.9. The Morgan fingerprint density at radius 2 is 2.00 bits per heavy atom. The highest BCUT2D eigenvalue weighted by Gasteiger charge is 2.32. The second kappa shape index (κ2) is 10.0. The highest BCUT2D eigenvalue weighted by Crippen LogP contribution is 2.22. The van der Waals surface area contributed by atoms with E-state index < -0.39 is 24.3 Å². The van der Waals surface area contributed by atoms with Gasteiger partial charge in [-0.15, -0.1) is 0 Å². The summed E-state index contributed by atoms with van der Waals surface area (Å²) in [7, 11) is 0. The zero-order chi connectivity index (χ0) is 23.3. The molecule has 0 spiro atoms. The number of nitrogens with one attached hydrogen (secondary N) is 2. The minimum absolute atomic E-state index is 0.0324. The van der Waals surface area contributed by atoms with Crippen LogP contribution < -0.4 is 10.6 Å². The molecule has 0 aliphatic carbocycles. The van der Waals surface area contributed by atoms with E-state index in [0.29, 0.717) is 16.4 Å². The van der Waals surface area contributed by atoms with Crippen molar-refractivity contribution in [3.8, 4) is 5.82 Å². The van der Waals surface area contributed by atoms with E-state index in [1.165, 1.54) is 29.2 Å². The van der Waals surface area contributed by atoms with Gasteiger partial charge in [-0.3, -0.25) is 9.36 Å². The Morgan fingerprint density at radius 1 is 1.25 bits per heavy atom. The maximum absolute atomic E-state index is 12.7. The summed E-state index contributed by atoms with van der Waals surface area (Å²) in [4.78, 5) is 25.2. The Labute approximate surface area is 188 Å². The van der Waals surface area contributed by atoms with E-state index >= 15 is 0 Å². The number of hydrogen-bond donors (Lipinski definition) is 6. The van der Waals surface area contributed by atoms with Crippen LogP contribution in [0.4, 0.5) is 5.95 Å². The average Bonchev–Trinajstić information content (AvgIpc) is 3.28. The number of aryl methyl sites for hydroxylation is 1. The predicted molar refractivity (Wildman–Crippen MR) is 115 cm³/mol. The van der Waals surface area contributed by atoms with Crippen molar-refractivity contribution in [3.63, 3.8) is 0 Å². The molecule has 6 N–H and O–H groups in total. The number of rotatable bonds is 9. The highest BCUT2D eigenvalue weighted by molar-refractivity contribution is 6.30. The van der Waals surface area contributed by atoms with Gasteiger partial charge in [0.2, 0.25) is 5.95 Å². The second-order valence-electron chi connectivity index (χ2n) is 7.06. The van der Waals surface area contributed by atoms with Gasteiger partial charge in [-0.2, -0.15) is 4.98 Å². The van der Waals surface area contributed by atoms with E-state index in [0.717, 1.165) is 0 Å². The summed E-state index contributed by atoms with van der Waals surface area (Å²) in [5.41, 5.74) is -1.20. The van der Waals surface area contributed by atoms with Crippen LogP contribution >= 0.6 is 11.6 Å². The number of anilines is 1. The van der Waals surface area contributed by atoms with Gasteiger partial charge in [0.25, 0.3) is 5.91 Å². The van der Waals surface area contributed by atoms with Gasteiger partial charge in [-0.1, -0.05) is 23.7 Å². The quantitative estimate of drug-likeness (QED) is 0.239. The molecule has 2 aromatic heterocycles. The average molecular weight is 463 g/mol. The molecule has 170 valence electrons. The molecule has 0 fully saturated rings. The third kappa shape index (κ3) is 5.21. The van der Waals surface area contributed by atoms with Gasteiger partial charge in [-0.25, -0.2) is 9.97 Å². The molecule has 0 bridgehead atoms. The van der Waals surface area contributed by atoms with Crippen molar-refractivity contribution in [2.45, 2.75) is 18.7 Å². The molecule has 3 aromatic rings. The standard InChI is InChI=1S/C20H23ClN6O5/c1-12-6-22-19(24-15(8-28)9-29)25-17(12)27-7-16(23-11-27)18(31)26-20(32,10-30)13-3-2-4-14(21)5-13/h2-7,11,15,28-30,32H,8-10H2,1H3,(H,26,31)(H,22,24,25)/t20-/m1/s1. The molecule has 0 saturated heterocycles. The SMILES string of the molecule is Cc1cnc(NC(CO)CO)nc1-n1cnc(C(=O)N[C@@](O)(CO)c2cccc(Cl)c2)c1. The first-order chi connectivity index (χ1) is 15.3. The number of carbonyl (C=O) groups is 1. The summed E-state index contributed by atoms with van der Waals surface area (Å²) in [6.45, 7) is 0.368. The summed E-state index contributed by atoms with van der Waals surface area (Å²) in [5.74, 6) is -0.143. The van der Waals surface area contributed by atoms with E-state index in [9.17, 15) is 25.2 Å². The first-order valence-electron chi connectivity index (χ1n) is 9.57. The van der Waals surface area contributed by atoms with E-state index in [1.54, 1.807) is 25.3 Å². The van der Waals surface area contributed by atoms with Gasteiger partial charge in [0.1, 0.15) is 17.8 Å². The van der Waals surface area contributed by atoms with Crippen molar-refractivity contribution in [2.75, 3.05) is 25.1 Å². The summed E-state index contributed by atoms with van der Waals surface area (Å²) in [6, 6.07) is 5.51. The largest absolute Gasteiger partial charge is 0.394 e. The van der Waals surface area contributed by atoms with Crippen molar-refractivity contribution >= 4 is 23.5 Å². The van der Waals surface area contributed by atoms with Gasteiger partial charge in [0.15, 0.2) is 5.72 Å². The number of carbonyl (C=O) groups excluding carboxylic acids is 1. The molecule has 1 aromatic carbocycles. The van der Waals surface area contributed by atoms with Crippen LogP contribution in [0.15, 0.2) is 43.0 Å². The molecular formula is C20H23ClN6O5. The van der Waals surface area contributed by atoms with Gasteiger partial charge in [-0.05, 0) is 19.1 Å². The first kappa shape index (κ1) is 23.6. The maximum Gasteiger partial charge on any atom is 0.274 e. The van der Waals surface area contributed by atoms with Crippen LogP contribution in [-0.2, 0) is 5.72 Å². The van der Waals surface area contributed by atoms with E-state index in [-0.39, 0.29) is 30.4 Å². The first-order valence-corrected chi connectivity index (χ1v) is 9.95. The van der Waals surface area contributed by atoms with Crippen molar-refractivity contribution in [1.29, 1.82) is 0 Å². The fourth-order valence-electron chi connectivity index (χ4n) is 2.85. The molecule has 2 heterocycles. The van der Waals surface area contributed by atoms with Gasteiger partial charge < -0.3 is 31.1 Å². The van der Waals surface area contributed by atoms with Crippen molar-refractivity contribution in [2.24, 2.45) is 0 Å². The molecule has 0 saturated carbocycles. The molecule has 1 atom stereocenters. The Kier molecular flexibility index (Phi) is 7.38. The molecule has 12 heteroatoms. The predicted octanol–water partition coefficient (Wildman–Crippen LogP) is -0.0434. The number of imidazole rings is 1. The highest BCUT2D eigenvalue weighted by atomic mass is 35.5. The van der Waals surface area contributed by atoms with Crippen molar-refractivity contribution in [3.05, 3.63) is 64.8 Å². The number of amides is 1. The van der Waals surface area contributed by atoms with Crippen LogP contribution in [0, 0.1) is 6.92 Å². The maximum atomic E-state index is 12.7. The van der Waals surface area contributed by atoms with Crippen LogP contribution in [0.1, 0.15) is 21.6 Å². The van der Waals surface area contributed by atoms with Crippen LogP contribution in [0.3, 0.4) is 0 Å². The number of halogens is 1. The fraction of sp³-hybridized carbons (Fsp3) is 0.300. The number of aliphatic hydroxyl groups excluding tert-OH is 3. The Balaban J connectivity index is 1.83. The van der Waals surface area contributed by atoms with Crippen LogP contribution in [0.25, 0.3) is 5.82 Å². The third-order valence-electron chi connectivity index (χ3n) is 4.63. The fourth-order valence-corrected chi connectivity index (χ4v) is 3.04.